The van der Waals surface area contributed by atoms with E-state index in [1.165, 1.54) is 4.90 Å². The molecule has 1 heterocycles. The van der Waals surface area contributed by atoms with E-state index in [2.05, 4.69) is 0 Å². The van der Waals surface area contributed by atoms with Gasteiger partial charge in [-0.3, -0.25) is 9.59 Å². The number of likely N-dealkylation sites (tertiary alicyclic amines) is 1. The molecular formula is C16H19NO4. The number of carboxylic acid groups (broad SMARTS) is 1. The SMILES string of the molecule is Cc1ccc(C(=O)CCC(=O)N2CCCC2C(=O)O)cc1. The molecule has 1 aromatic rings. The van der Waals surface area contributed by atoms with Gasteiger partial charge in [0.15, 0.2) is 5.78 Å². The van der Waals surface area contributed by atoms with Crippen LogP contribution in [0.2, 0.25) is 0 Å². The number of aliphatic carboxylic acids is 1. The van der Waals surface area contributed by atoms with Gasteiger partial charge in [0, 0.05) is 24.9 Å². The smallest absolute Gasteiger partial charge is 0.326 e. The maximum absolute atomic E-state index is 12.1. The van der Waals surface area contributed by atoms with Gasteiger partial charge in [0.25, 0.3) is 0 Å². The van der Waals surface area contributed by atoms with Gasteiger partial charge in [0.1, 0.15) is 6.04 Å². The number of carbonyl (C=O) groups is 3. The van der Waals surface area contributed by atoms with Crippen LogP contribution in [0.25, 0.3) is 0 Å². The van der Waals surface area contributed by atoms with Gasteiger partial charge in [-0.05, 0) is 19.8 Å². The zero-order valence-corrected chi connectivity index (χ0v) is 12.0. The molecule has 1 aliphatic heterocycles. The minimum atomic E-state index is -0.967. The van der Waals surface area contributed by atoms with Crippen LogP contribution in [0.4, 0.5) is 0 Å². The summed E-state index contributed by atoms with van der Waals surface area (Å²) in [6.45, 7) is 2.41. The lowest BCUT2D eigenvalue weighted by Crippen LogP contribution is -2.40. The lowest BCUT2D eigenvalue weighted by atomic mass is 10.0. The molecule has 0 aliphatic carbocycles. The summed E-state index contributed by atoms with van der Waals surface area (Å²) in [4.78, 5) is 36.5. The standard InChI is InChI=1S/C16H19NO4/c1-11-4-6-12(7-5-11)14(18)8-9-15(19)17-10-2-3-13(17)16(20)21/h4-7,13H,2-3,8-10H2,1H3,(H,20,21). The second kappa shape index (κ2) is 6.52. The van der Waals surface area contributed by atoms with E-state index in [1.807, 2.05) is 19.1 Å². The first-order chi connectivity index (χ1) is 9.99. The molecule has 1 amide bonds. The van der Waals surface area contributed by atoms with Crippen molar-refractivity contribution < 1.29 is 19.5 Å². The third-order valence-electron chi connectivity index (χ3n) is 3.80. The van der Waals surface area contributed by atoms with E-state index in [1.54, 1.807) is 12.1 Å². The fourth-order valence-corrected chi connectivity index (χ4v) is 2.57. The maximum Gasteiger partial charge on any atom is 0.326 e. The summed E-state index contributed by atoms with van der Waals surface area (Å²) in [6, 6.07) is 6.48. The van der Waals surface area contributed by atoms with Crippen molar-refractivity contribution in [1.29, 1.82) is 0 Å². The second-order valence-corrected chi connectivity index (χ2v) is 5.37. The molecule has 5 heteroatoms. The molecule has 1 atom stereocenters. The molecular weight excluding hydrogens is 270 g/mol. The summed E-state index contributed by atoms with van der Waals surface area (Å²) >= 11 is 0. The first-order valence-corrected chi connectivity index (χ1v) is 7.11. The van der Waals surface area contributed by atoms with Crippen LogP contribution in [0.3, 0.4) is 0 Å². The Morgan fingerprint density at radius 3 is 2.48 bits per heavy atom. The minimum Gasteiger partial charge on any atom is -0.480 e. The average Bonchev–Trinajstić information content (AvgIpc) is 2.95. The zero-order chi connectivity index (χ0) is 15.4. The number of carbonyl (C=O) groups excluding carboxylic acids is 2. The third kappa shape index (κ3) is 3.68. The summed E-state index contributed by atoms with van der Waals surface area (Å²) < 4.78 is 0. The Morgan fingerprint density at radius 2 is 1.86 bits per heavy atom. The predicted molar refractivity (Wildman–Crippen MR) is 77.1 cm³/mol. The highest BCUT2D eigenvalue weighted by atomic mass is 16.4. The molecule has 1 aliphatic rings. The fourth-order valence-electron chi connectivity index (χ4n) is 2.57. The Balaban J connectivity index is 1.90. The fraction of sp³-hybridized carbons (Fsp3) is 0.438. The van der Waals surface area contributed by atoms with Crippen molar-refractivity contribution in [1.82, 2.24) is 4.90 Å². The topological polar surface area (TPSA) is 74.7 Å². The number of aryl methyl sites for hydroxylation is 1. The molecule has 1 saturated heterocycles. The van der Waals surface area contributed by atoms with E-state index >= 15 is 0 Å². The molecule has 1 aromatic carbocycles. The van der Waals surface area contributed by atoms with Crippen LogP contribution in [-0.2, 0) is 9.59 Å². The molecule has 1 fully saturated rings. The van der Waals surface area contributed by atoms with Gasteiger partial charge in [0.05, 0.1) is 0 Å². The Morgan fingerprint density at radius 1 is 1.19 bits per heavy atom. The summed E-state index contributed by atoms with van der Waals surface area (Å²) in [5.41, 5.74) is 1.66. The van der Waals surface area contributed by atoms with Gasteiger partial charge in [0.2, 0.25) is 5.91 Å². The van der Waals surface area contributed by atoms with E-state index in [0.29, 0.717) is 24.9 Å². The highest BCUT2D eigenvalue weighted by Crippen LogP contribution is 2.19. The molecule has 112 valence electrons. The number of ketones is 1. The van der Waals surface area contributed by atoms with Crippen molar-refractivity contribution in [2.75, 3.05) is 6.54 Å². The predicted octanol–water partition coefficient (Wildman–Crippen LogP) is 2.03. The largest absolute Gasteiger partial charge is 0.480 e. The first-order valence-electron chi connectivity index (χ1n) is 7.11. The minimum absolute atomic E-state index is 0.0660. The first kappa shape index (κ1) is 15.2. The number of nitrogens with zero attached hydrogens (tertiary/aromatic N) is 1. The molecule has 0 saturated carbocycles. The van der Waals surface area contributed by atoms with Gasteiger partial charge < -0.3 is 10.0 Å². The van der Waals surface area contributed by atoms with Crippen LogP contribution in [0.1, 0.15) is 41.6 Å². The maximum atomic E-state index is 12.1. The lowest BCUT2D eigenvalue weighted by molar-refractivity contribution is -0.148. The molecule has 0 bridgehead atoms. The number of Topliss-reactive ketones (excluding diaryl/α,β-unsaturated/α-hetero) is 1. The summed E-state index contributed by atoms with van der Waals surface area (Å²) in [5.74, 6) is -1.31. The molecule has 5 nitrogen and oxygen atoms in total. The number of benzene rings is 1. The summed E-state index contributed by atoms with van der Waals surface area (Å²) in [7, 11) is 0. The van der Waals surface area contributed by atoms with Crippen molar-refractivity contribution in [3.05, 3.63) is 35.4 Å². The number of carboxylic acids is 1. The molecule has 1 N–H and O–H groups in total. The highest BCUT2D eigenvalue weighted by Gasteiger charge is 2.33. The highest BCUT2D eigenvalue weighted by molar-refractivity contribution is 5.98. The molecule has 0 aromatic heterocycles. The molecule has 0 radical (unpaired) electrons. The van der Waals surface area contributed by atoms with E-state index in [0.717, 1.165) is 5.56 Å². The summed E-state index contributed by atoms with van der Waals surface area (Å²) in [5, 5.41) is 9.05. The van der Waals surface area contributed by atoms with Crippen LogP contribution in [0, 0.1) is 6.92 Å². The average molecular weight is 289 g/mol. The summed E-state index contributed by atoms with van der Waals surface area (Å²) in [6.07, 6.45) is 1.38. The van der Waals surface area contributed by atoms with E-state index < -0.39 is 12.0 Å². The van der Waals surface area contributed by atoms with Crippen molar-refractivity contribution in [2.24, 2.45) is 0 Å². The molecule has 0 spiro atoms. The number of hydrogen-bond acceptors (Lipinski definition) is 3. The number of amides is 1. The lowest BCUT2D eigenvalue weighted by Gasteiger charge is -2.21. The number of rotatable bonds is 5. The molecule has 2 rings (SSSR count). The van der Waals surface area contributed by atoms with Gasteiger partial charge in [-0.25, -0.2) is 4.79 Å². The number of hydrogen-bond donors (Lipinski definition) is 1. The van der Waals surface area contributed by atoms with Crippen LogP contribution in [0.5, 0.6) is 0 Å². The van der Waals surface area contributed by atoms with Crippen LogP contribution >= 0.6 is 0 Å². The Bertz CT molecular complexity index is 550. The van der Waals surface area contributed by atoms with E-state index in [9.17, 15) is 14.4 Å². The normalized spacial score (nSPS) is 17.8. The van der Waals surface area contributed by atoms with Gasteiger partial charge in [-0.15, -0.1) is 0 Å². The second-order valence-electron chi connectivity index (χ2n) is 5.37. The van der Waals surface area contributed by atoms with Crippen molar-refractivity contribution >= 4 is 17.7 Å². The van der Waals surface area contributed by atoms with Crippen LogP contribution in [-0.4, -0.2) is 40.3 Å². The van der Waals surface area contributed by atoms with Crippen molar-refractivity contribution in [3.8, 4) is 0 Å². The van der Waals surface area contributed by atoms with Gasteiger partial charge in [-0.1, -0.05) is 29.8 Å². The van der Waals surface area contributed by atoms with Crippen molar-refractivity contribution in [2.45, 2.75) is 38.6 Å². The van der Waals surface area contributed by atoms with Crippen LogP contribution in [0.15, 0.2) is 24.3 Å². The van der Waals surface area contributed by atoms with Gasteiger partial charge in [-0.2, -0.15) is 0 Å². The monoisotopic (exact) mass is 289 g/mol. The quantitative estimate of drug-likeness (QED) is 0.842. The van der Waals surface area contributed by atoms with E-state index in [-0.39, 0.29) is 24.5 Å². The Labute approximate surface area is 123 Å². The zero-order valence-electron chi connectivity index (χ0n) is 12.0. The van der Waals surface area contributed by atoms with Gasteiger partial charge >= 0.3 is 5.97 Å². The Kier molecular flexibility index (Phi) is 4.73. The third-order valence-corrected chi connectivity index (χ3v) is 3.80. The van der Waals surface area contributed by atoms with Crippen LogP contribution < -0.4 is 0 Å². The molecule has 1 unspecified atom stereocenters. The van der Waals surface area contributed by atoms with E-state index in [4.69, 9.17) is 5.11 Å². The molecule has 21 heavy (non-hydrogen) atoms. The van der Waals surface area contributed by atoms with Crippen molar-refractivity contribution in [3.63, 3.8) is 0 Å². The Hall–Kier alpha value is -2.17.